The average Bonchev–Trinajstić information content (AvgIpc) is 2.49. The zero-order valence-corrected chi connectivity index (χ0v) is 10.8. The van der Waals surface area contributed by atoms with Crippen LogP contribution in [-0.4, -0.2) is 47.2 Å². The number of nitrogens with one attached hydrogen (secondary N) is 2. The number of carbonyl (C=O) groups is 1. The second-order valence-corrected chi connectivity index (χ2v) is 4.49. The van der Waals surface area contributed by atoms with E-state index in [-0.39, 0.29) is 11.0 Å². The molecule has 1 fully saturated rings. The lowest BCUT2D eigenvalue weighted by atomic mass is 10.2. The molecular formula is C13H14N4O3. The van der Waals surface area contributed by atoms with Crippen molar-refractivity contribution >= 4 is 16.8 Å². The molecule has 2 N–H and O–H groups in total. The molecule has 3 heterocycles. The fourth-order valence-electron chi connectivity index (χ4n) is 2.12. The molecule has 1 amide bonds. The van der Waals surface area contributed by atoms with Crippen LogP contribution in [0.15, 0.2) is 29.5 Å². The molecule has 0 spiro atoms. The lowest BCUT2D eigenvalue weighted by molar-refractivity contribution is 0.0126. The smallest absolute Gasteiger partial charge is 0.271 e. The molecule has 1 aliphatic rings. The van der Waals surface area contributed by atoms with Gasteiger partial charge in [0, 0.05) is 30.9 Å². The van der Waals surface area contributed by atoms with Gasteiger partial charge >= 0.3 is 0 Å². The summed E-state index contributed by atoms with van der Waals surface area (Å²) >= 11 is 0. The van der Waals surface area contributed by atoms with Crippen LogP contribution in [0.4, 0.5) is 0 Å². The van der Waals surface area contributed by atoms with Crippen LogP contribution < -0.4 is 10.9 Å². The molecule has 0 radical (unpaired) electrons. The zero-order chi connectivity index (χ0) is 13.9. The Balaban J connectivity index is 1.87. The summed E-state index contributed by atoms with van der Waals surface area (Å²) in [6.07, 6.45) is 4.50. The number of hydrogen-bond acceptors (Lipinski definition) is 5. The summed E-state index contributed by atoms with van der Waals surface area (Å²) < 4.78 is 5.20. The molecule has 3 rings (SSSR count). The van der Waals surface area contributed by atoms with E-state index < -0.39 is 5.91 Å². The maximum atomic E-state index is 12.3. The first-order chi connectivity index (χ1) is 9.75. The van der Waals surface area contributed by atoms with Gasteiger partial charge in [-0.05, 0) is 6.07 Å². The average molecular weight is 274 g/mol. The SMILES string of the molecule is O=C(NN1CCOCC1)c1c[nH]c2cnccc2c1=O. The van der Waals surface area contributed by atoms with Crippen molar-refractivity contribution in [3.63, 3.8) is 0 Å². The highest BCUT2D eigenvalue weighted by atomic mass is 16.5. The first-order valence-electron chi connectivity index (χ1n) is 6.35. The molecule has 20 heavy (non-hydrogen) atoms. The number of aromatic amines is 1. The maximum absolute atomic E-state index is 12.3. The highest BCUT2D eigenvalue weighted by Crippen LogP contribution is 2.05. The number of carbonyl (C=O) groups excluding carboxylic acids is 1. The molecule has 1 aliphatic heterocycles. The Morgan fingerprint density at radius 1 is 1.40 bits per heavy atom. The van der Waals surface area contributed by atoms with E-state index in [1.54, 1.807) is 17.3 Å². The number of nitrogens with zero attached hydrogens (tertiary/aromatic N) is 2. The first kappa shape index (κ1) is 12.8. The van der Waals surface area contributed by atoms with Gasteiger partial charge in [-0.25, -0.2) is 5.01 Å². The van der Waals surface area contributed by atoms with Crippen molar-refractivity contribution in [2.24, 2.45) is 0 Å². The van der Waals surface area contributed by atoms with Gasteiger partial charge in [0.2, 0.25) is 5.43 Å². The molecule has 0 aliphatic carbocycles. The predicted octanol–water partition coefficient (Wildman–Crippen LogP) is -0.0999. The zero-order valence-electron chi connectivity index (χ0n) is 10.8. The van der Waals surface area contributed by atoms with Crippen molar-refractivity contribution in [1.29, 1.82) is 0 Å². The third-order valence-electron chi connectivity index (χ3n) is 3.20. The molecule has 7 nitrogen and oxygen atoms in total. The van der Waals surface area contributed by atoms with Crippen LogP contribution in [0.2, 0.25) is 0 Å². The molecule has 2 aromatic rings. The van der Waals surface area contributed by atoms with Crippen LogP contribution in [0, 0.1) is 0 Å². The summed E-state index contributed by atoms with van der Waals surface area (Å²) in [4.78, 5) is 31.2. The fourth-order valence-corrected chi connectivity index (χ4v) is 2.12. The third-order valence-corrected chi connectivity index (χ3v) is 3.20. The standard InChI is InChI=1S/C13H14N4O3/c18-12-9-1-2-14-8-11(9)15-7-10(12)13(19)16-17-3-5-20-6-4-17/h1-2,7-8H,3-6H2,(H,15,18)(H,16,19). The maximum Gasteiger partial charge on any atom is 0.271 e. The Kier molecular flexibility index (Phi) is 3.44. The molecule has 1 saturated heterocycles. The molecule has 0 aromatic carbocycles. The van der Waals surface area contributed by atoms with Gasteiger partial charge in [-0.3, -0.25) is 20.0 Å². The summed E-state index contributed by atoms with van der Waals surface area (Å²) in [5.74, 6) is -0.410. The number of rotatable bonds is 2. The molecule has 0 saturated carbocycles. The normalized spacial score (nSPS) is 16.2. The number of morpholine rings is 1. The van der Waals surface area contributed by atoms with E-state index in [2.05, 4.69) is 15.4 Å². The monoisotopic (exact) mass is 274 g/mol. The van der Waals surface area contributed by atoms with Crippen LogP contribution >= 0.6 is 0 Å². The van der Waals surface area contributed by atoms with Crippen LogP contribution in [0.3, 0.4) is 0 Å². The van der Waals surface area contributed by atoms with Crippen molar-refractivity contribution in [3.05, 3.63) is 40.4 Å². The molecule has 0 unspecified atom stereocenters. The highest BCUT2D eigenvalue weighted by molar-refractivity contribution is 5.96. The molecule has 7 heteroatoms. The summed E-state index contributed by atoms with van der Waals surface area (Å²) in [5.41, 5.74) is 3.12. The van der Waals surface area contributed by atoms with Crippen LogP contribution in [-0.2, 0) is 4.74 Å². The molecule has 2 aromatic heterocycles. The minimum Gasteiger partial charge on any atom is -0.379 e. The summed E-state index contributed by atoms with van der Waals surface area (Å²) in [6.45, 7) is 2.36. The number of aromatic nitrogens is 2. The number of hydrogen-bond donors (Lipinski definition) is 2. The van der Waals surface area contributed by atoms with Crippen molar-refractivity contribution < 1.29 is 9.53 Å². The number of hydrazine groups is 1. The van der Waals surface area contributed by atoms with Crippen molar-refractivity contribution in [2.75, 3.05) is 26.3 Å². The lowest BCUT2D eigenvalue weighted by Crippen LogP contribution is -2.49. The number of H-pyrrole nitrogens is 1. The van der Waals surface area contributed by atoms with Gasteiger partial charge in [0.05, 0.1) is 24.9 Å². The Bertz CT molecular complexity index is 691. The number of pyridine rings is 2. The third kappa shape index (κ3) is 2.40. The minimum absolute atomic E-state index is 0.0928. The van der Waals surface area contributed by atoms with Gasteiger partial charge in [0.15, 0.2) is 0 Å². The van der Waals surface area contributed by atoms with E-state index in [0.29, 0.717) is 37.2 Å². The summed E-state index contributed by atoms with van der Waals surface area (Å²) in [5, 5.41) is 2.21. The topological polar surface area (TPSA) is 87.3 Å². The van der Waals surface area contributed by atoms with Crippen molar-refractivity contribution in [2.45, 2.75) is 0 Å². The fraction of sp³-hybridized carbons (Fsp3) is 0.308. The van der Waals surface area contributed by atoms with Gasteiger partial charge < -0.3 is 9.72 Å². The van der Waals surface area contributed by atoms with Gasteiger partial charge in [-0.1, -0.05) is 0 Å². The van der Waals surface area contributed by atoms with Crippen molar-refractivity contribution in [1.82, 2.24) is 20.4 Å². The Morgan fingerprint density at radius 2 is 2.20 bits per heavy atom. The quantitative estimate of drug-likeness (QED) is 0.798. The Labute approximate surface area is 114 Å². The van der Waals surface area contributed by atoms with Crippen molar-refractivity contribution in [3.8, 4) is 0 Å². The van der Waals surface area contributed by atoms with Gasteiger partial charge in [-0.15, -0.1) is 0 Å². The number of ether oxygens (including phenoxy) is 1. The Morgan fingerprint density at radius 3 is 3.00 bits per heavy atom. The largest absolute Gasteiger partial charge is 0.379 e. The van der Waals surface area contributed by atoms with Gasteiger partial charge in [0.1, 0.15) is 5.56 Å². The van der Waals surface area contributed by atoms with Gasteiger partial charge in [-0.2, -0.15) is 0 Å². The molecule has 0 bridgehead atoms. The summed E-state index contributed by atoms with van der Waals surface area (Å²) in [6, 6.07) is 1.60. The second-order valence-electron chi connectivity index (χ2n) is 4.49. The lowest BCUT2D eigenvalue weighted by Gasteiger charge is -2.26. The van der Waals surface area contributed by atoms with Crippen LogP contribution in [0.5, 0.6) is 0 Å². The first-order valence-corrected chi connectivity index (χ1v) is 6.35. The number of fused-ring (bicyclic) bond motifs is 1. The Hall–Kier alpha value is -2.25. The highest BCUT2D eigenvalue weighted by Gasteiger charge is 2.17. The molecular weight excluding hydrogens is 260 g/mol. The van der Waals surface area contributed by atoms with E-state index >= 15 is 0 Å². The number of amides is 1. The van der Waals surface area contributed by atoms with Crippen LogP contribution in [0.1, 0.15) is 10.4 Å². The van der Waals surface area contributed by atoms with Gasteiger partial charge in [0.25, 0.3) is 5.91 Å². The molecule has 104 valence electrons. The van der Waals surface area contributed by atoms with E-state index in [9.17, 15) is 9.59 Å². The van der Waals surface area contributed by atoms with E-state index in [1.165, 1.54) is 12.4 Å². The van der Waals surface area contributed by atoms with E-state index in [4.69, 9.17) is 4.74 Å². The molecule has 0 atom stereocenters. The van der Waals surface area contributed by atoms with E-state index in [1.807, 2.05) is 0 Å². The van der Waals surface area contributed by atoms with E-state index in [0.717, 1.165) is 0 Å². The summed E-state index contributed by atoms with van der Waals surface area (Å²) in [7, 11) is 0. The minimum atomic E-state index is -0.410. The van der Waals surface area contributed by atoms with Crippen LogP contribution in [0.25, 0.3) is 10.9 Å². The second kappa shape index (κ2) is 5.40. The predicted molar refractivity (Wildman–Crippen MR) is 72.2 cm³/mol.